The highest BCUT2D eigenvalue weighted by atomic mass is 35.5. The van der Waals surface area contributed by atoms with Crippen LogP contribution in [0.25, 0.3) is 0 Å². The fraction of sp³-hybridized carbons (Fsp3) is 0.375. The van der Waals surface area contributed by atoms with Gasteiger partial charge < -0.3 is 22.5 Å². The van der Waals surface area contributed by atoms with E-state index in [1.54, 1.807) is 0 Å². The highest BCUT2D eigenvalue weighted by molar-refractivity contribution is 5.85. The number of halogens is 4. The highest BCUT2D eigenvalue weighted by Crippen LogP contribution is 2.21. The molecular weight excluding hydrogens is 235 g/mol. The molecule has 15 heavy (non-hydrogen) atoms. The molecule has 0 spiro atoms. The molecule has 2 N–H and O–H groups in total. The SMILES string of the molecule is O=C(O)c1ccc(CCC(F)(F)F)[nH]1.[Cl-]. The van der Waals surface area contributed by atoms with Gasteiger partial charge in [-0.2, -0.15) is 13.2 Å². The molecule has 1 aromatic rings. The topological polar surface area (TPSA) is 53.1 Å². The van der Waals surface area contributed by atoms with Crippen molar-refractivity contribution in [3.05, 3.63) is 23.5 Å². The minimum absolute atomic E-state index is 0. The molecule has 86 valence electrons. The van der Waals surface area contributed by atoms with Crippen molar-refractivity contribution < 1.29 is 35.5 Å². The number of aromatic nitrogens is 1. The molecule has 0 radical (unpaired) electrons. The van der Waals surface area contributed by atoms with Crippen LogP contribution in [-0.2, 0) is 6.42 Å². The molecule has 0 saturated carbocycles. The number of H-pyrrole nitrogens is 1. The third-order valence-corrected chi connectivity index (χ3v) is 1.65. The Bertz CT molecular complexity index is 335. The molecule has 1 aromatic heterocycles. The van der Waals surface area contributed by atoms with Gasteiger partial charge in [0.15, 0.2) is 0 Å². The van der Waals surface area contributed by atoms with Crippen LogP contribution in [0.1, 0.15) is 22.6 Å². The number of aromatic amines is 1. The van der Waals surface area contributed by atoms with E-state index >= 15 is 0 Å². The van der Waals surface area contributed by atoms with Gasteiger partial charge in [-0.25, -0.2) is 4.79 Å². The van der Waals surface area contributed by atoms with Crippen LogP contribution >= 0.6 is 0 Å². The summed E-state index contributed by atoms with van der Waals surface area (Å²) in [5.41, 5.74) is 0.182. The third-order valence-electron chi connectivity index (χ3n) is 1.65. The monoisotopic (exact) mass is 242 g/mol. The van der Waals surface area contributed by atoms with Crippen LogP contribution in [0, 0.1) is 0 Å². The minimum Gasteiger partial charge on any atom is -1.00 e. The van der Waals surface area contributed by atoms with Crippen LogP contribution < -0.4 is 12.4 Å². The van der Waals surface area contributed by atoms with Crippen molar-refractivity contribution >= 4 is 5.97 Å². The number of aromatic carboxylic acids is 1. The number of carbonyl (C=O) groups is 1. The molecule has 0 aliphatic carbocycles. The molecule has 1 rings (SSSR count). The summed E-state index contributed by atoms with van der Waals surface area (Å²) in [6, 6.07) is 2.59. The van der Waals surface area contributed by atoms with Crippen molar-refractivity contribution in [2.24, 2.45) is 0 Å². The van der Waals surface area contributed by atoms with Crippen LogP contribution in [0.3, 0.4) is 0 Å². The highest BCUT2D eigenvalue weighted by Gasteiger charge is 2.26. The summed E-state index contributed by atoms with van der Waals surface area (Å²) in [5, 5.41) is 8.47. The van der Waals surface area contributed by atoms with Crippen molar-refractivity contribution in [1.82, 2.24) is 4.98 Å². The van der Waals surface area contributed by atoms with Crippen molar-refractivity contribution in [1.29, 1.82) is 0 Å². The van der Waals surface area contributed by atoms with Gasteiger partial charge in [-0.15, -0.1) is 0 Å². The Balaban J connectivity index is 0.00000196. The lowest BCUT2D eigenvalue weighted by Gasteiger charge is -2.03. The molecule has 0 atom stereocenters. The predicted octanol–water partition coefficient (Wildman–Crippen LogP) is -0.788. The quantitative estimate of drug-likeness (QED) is 0.730. The number of alkyl halides is 3. The van der Waals surface area contributed by atoms with Gasteiger partial charge in [-0.05, 0) is 18.6 Å². The van der Waals surface area contributed by atoms with E-state index in [0.29, 0.717) is 0 Å². The first kappa shape index (κ1) is 13.8. The second-order valence-corrected chi connectivity index (χ2v) is 2.82. The molecule has 0 aliphatic heterocycles. The molecule has 0 bridgehead atoms. The summed E-state index contributed by atoms with van der Waals surface area (Å²) < 4.78 is 35.3. The molecule has 1 heterocycles. The van der Waals surface area contributed by atoms with Gasteiger partial charge in [-0.1, -0.05) is 0 Å². The van der Waals surface area contributed by atoms with Crippen LogP contribution in [-0.4, -0.2) is 22.2 Å². The second kappa shape index (κ2) is 5.06. The van der Waals surface area contributed by atoms with Crippen LogP contribution in [0.15, 0.2) is 12.1 Å². The molecule has 0 saturated heterocycles. The molecule has 3 nitrogen and oxygen atoms in total. The molecule has 0 fully saturated rings. The zero-order valence-corrected chi connectivity index (χ0v) is 8.19. The fourth-order valence-electron chi connectivity index (χ4n) is 0.987. The Morgan fingerprint density at radius 1 is 1.40 bits per heavy atom. The van der Waals surface area contributed by atoms with Crippen LogP contribution in [0.2, 0.25) is 0 Å². The van der Waals surface area contributed by atoms with E-state index in [1.165, 1.54) is 12.1 Å². The second-order valence-electron chi connectivity index (χ2n) is 2.82. The number of nitrogens with one attached hydrogen (secondary N) is 1. The number of carboxylic acids is 1. The maximum atomic E-state index is 11.8. The van der Waals surface area contributed by atoms with Crippen molar-refractivity contribution in [2.45, 2.75) is 19.0 Å². The van der Waals surface area contributed by atoms with E-state index in [9.17, 15) is 18.0 Å². The molecule has 7 heteroatoms. The summed E-state index contributed by atoms with van der Waals surface area (Å²) in [6.45, 7) is 0. The lowest BCUT2D eigenvalue weighted by molar-refractivity contribution is -0.134. The summed E-state index contributed by atoms with van der Waals surface area (Å²) in [5.74, 6) is -1.18. The average Bonchev–Trinajstić information content (AvgIpc) is 2.47. The van der Waals surface area contributed by atoms with E-state index < -0.39 is 18.6 Å². The van der Waals surface area contributed by atoms with E-state index in [0.717, 1.165) is 0 Å². The molecular formula is C8H8ClF3NO2-. The van der Waals surface area contributed by atoms with Gasteiger partial charge in [0.1, 0.15) is 5.69 Å². The Labute approximate surface area is 89.7 Å². The molecule has 0 amide bonds. The average molecular weight is 243 g/mol. The summed E-state index contributed by atoms with van der Waals surface area (Å²) >= 11 is 0. The van der Waals surface area contributed by atoms with E-state index in [1.807, 2.05) is 0 Å². The lowest BCUT2D eigenvalue weighted by atomic mass is 10.2. The zero-order chi connectivity index (χ0) is 10.8. The first-order valence-corrected chi connectivity index (χ1v) is 3.86. The normalized spacial score (nSPS) is 10.9. The zero-order valence-electron chi connectivity index (χ0n) is 7.44. The van der Waals surface area contributed by atoms with Gasteiger partial charge in [0.25, 0.3) is 0 Å². The minimum atomic E-state index is -4.21. The number of aryl methyl sites for hydroxylation is 1. The Hall–Kier alpha value is -1.17. The molecule has 0 aromatic carbocycles. The van der Waals surface area contributed by atoms with Gasteiger partial charge in [0, 0.05) is 12.1 Å². The molecule has 0 unspecified atom stereocenters. The van der Waals surface area contributed by atoms with Crippen molar-refractivity contribution in [3.63, 3.8) is 0 Å². The molecule has 0 aliphatic rings. The first-order valence-electron chi connectivity index (χ1n) is 3.86. The summed E-state index contributed by atoms with van der Waals surface area (Å²) in [6.07, 6.45) is -5.39. The number of hydrogen-bond donors (Lipinski definition) is 2. The lowest BCUT2D eigenvalue weighted by Crippen LogP contribution is -3.00. The number of carboxylic acid groups (broad SMARTS) is 1. The maximum absolute atomic E-state index is 11.8. The van der Waals surface area contributed by atoms with Crippen molar-refractivity contribution in [2.75, 3.05) is 0 Å². The van der Waals surface area contributed by atoms with Gasteiger partial charge >= 0.3 is 12.1 Å². The smallest absolute Gasteiger partial charge is 0.389 e. The standard InChI is InChI=1S/C8H8F3NO2.ClH/c9-8(10,11)4-3-5-1-2-6(12-5)7(13)14;/h1-2,12H,3-4H2,(H,13,14);1H/p-1. The van der Waals surface area contributed by atoms with Crippen LogP contribution in [0.4, 0.5) is 13.2 Å². The number of rotatable bonds is 3. The van der Waals surface area contributed by atoms with Crippen LogP contribution in [0.5, 0.6) is 0 Å². The fourth-order valence-corrected chi connectivity index (χ4v) is 0.987. The summed E-state index contributed by atoms with van der Waals surface area (Å²) in [7, 11) is 0. The maximum Gasteiger partial charge on any atom is 0.389 e. The number of hydrogen-bond acceptors (Lipinski definition) is 1. The largest absolute Gasteiger partial charge is 1.00 e. The van der Waals surface area contributed by atoms with Gasteiger partial charge in [0.05, 0.1) is 0 Å². The van der Waals surface area contributed by atoms with E-state index in [4.69, 9.17) is 5.11 Å². The Morgan fingerprint density at radius 2 is 2.00 bits per heavy atom. The van der Waals surface area contributed by atoms with E-state index in [2.05, 4.69) is 4.98 Å². The predicted molar refractivity (Wildman–Crippen MR) is 42.1 cm³/mol. The Morgan fingerprint density at radius 3 is 2.40 bits per heavy atom. The van der Waals surface area contributed by atoms with Gasteiger partial charge in [-0.3, -0.25) is 0 Å². The first-order chi connectivity index (χ1) is 6.38. The third kappa shape index (κ3) is 4.73. The summed E-state index contributed by atoms with van der Waals surface area (Å²) in [4.78, 5) is 12.7. The van der Waals surface area contributed by atoms with Crippen molar-refractivity contribution in [3.8, 4) is 0 Å². The van der Waals surface area contributed by atoms with E-state index in [-0.39, 0.29) is 30.2 Å². The van der Waals surface area contributed by atoms with Gasteiger partial charge in [0.2, 0.25) is 0 Å². The Kier molecular flexibility index (Phi) is 4.67.